The molecule has 0 atom stereocenters. The van der Waals surface area contributed by atoms with E-state index in [1.165, 1.54) is 13.2 Å². The first-order chi connectivity index (χ1) is 5.43. The van der Waals surface area contributed by atoms with Crippen LogP contribution in [0.1, 0.15) is 0 Å². The lowest BCUT2D eigenvalue weighted by molar-refractivity contribution is 1.60. The minimum absolute atomic E-state index is 1.18. The van der Waals surface area contributed by atoms with Gasteiger partial charge in [0.1, 0.15) is 0 Å². The second kappa shape index (κ2) is 3.80. The first-order valence-electron chi connectivity index (χ1n) is 3.87. The number of hydrogen-bond acceptors (Lipinski definition) is 0. The summed E-state index contributed by atoms with van der Waals surface area (Å²) in [6.07, 6.45) is 0. The van der Waals surface area contributed by atoms with Crippen LogP contribution in [0.25, 0.3) is 0 Å². The fourth-order valence-corrected chi connectivity index (χ4v) is 8.26. The van der Waals surface area contributed by atoms with E-state index < -0.39 is 8.07 Å². The highest BCUT2D eigenvalue weighted by Gasteiger charge is 2.21. The predicted octanol–water partition coefficient (Wildman–Crippen LogP) is 3.60. The van der Waals surface area contributed by atoms with Crippen LogP contribution in [0.5, 0.6) is 0 Å². The van der Waals surface area contributed by atoms with Crippen molar-refractivity contribution in [3.05, 3.63) is 26.2 Å². The van der Waals surface area contributed by atoms with Gasteiger partial charge in [-0.3, -0.25) is 0 Å². The highest BCUT2D eigenvalue weighted by molar-refractivity contribution is 14.1. The molecule has 12 heavy (non-hydrogen) atoms. The zero-order valence-corrected chi connectivity index (χ0v) is 12.2. The van der Waals surface area contributed by atoms with Crippen LogP contribution in [0.2, 0.25) is 19.6 Å². The first-order valence-corrected chi connectivity index (χ1v) is 9.24. The molecule has 1 rings (SSSR count). The Hall–Kier alpha value is 0.647. The van der Waals surface area contributed by atoms with Crippen LogP contribution in [0.15, 0.2) is 22.7 Å². The molecule has 66 valence electrons. The van der Waals surface area contributed by atoms with Gasteiger partial charge < -0.3 is 0 Å². The Labute approximate surface area is 97.0 Å². The van der Waals surface area contributed by atoms with E-state index in [-0.39, 0.29) is 0 Å². The van der Waals surface area contributed by atoms with Gasteiger partial charge in [0.2, 0.25) is 0 Å². The van der Waals surface area contributed by atoms with Crippen LogP contribution in [-0.2, 0) is 0 Å². The van der Waals surface area contributed by atoms with E-state index in [1.807, 2.05) is 0 Å². The Balaban J connectivity index is 3.31. The largest absolute Gasteiger partial charge is 0.0804 e. The van der Waals surface area contributed by atoms with Crippen molar-refractivity contribution in [3.8, 4) is 0 Å². The fourth-order valence-electron chi connectivity index (χ4n) is 1.21. The number of rotatable bonds is 1. The van der Waals surface area contributed by atoms with Gasteiger partial charge in [-0.15, -0.1) is 0 Å². The molecule has 3 heteroatoms. The summed E-state index contributed by atoms with van der Waals surface area (Å²) >= 11 is 6.03. The van der Waals surface area contributed by atoms with E-state index in [4.69, 9.17) is 0 Å². The molecule has 0 aliphatic heterocycles. The lowest BCUT2D eigenvalue weighted by atomic mass is 10.4. The quantitative estimate of drug-likeness (QED) is 0.534. The molecule has 0 unspecified atom stereocenters. The predicted molar refractivity (Wildman–Crippen MR) is 69.8 cm³/mol. The first kappa shape index (κ1) is 10.7. The van der Waals surface area contributed by atoms with Gasteiger partial charge in [0.15, 0.2) is 0 Å². The third kappa shape index (κ3) is 2.32. The summed E-state index contributed by atoms with van der Waals surface area (Å²) < 4.78 is 2.66. The summed E-state index contributed by atoms with van der Waals surface area (Å²) in [4.78, 5) is 0. The maximum atomic E-state index is 3.61. The van der Waals surface area contributed by atoms with Gasteiger partial charge in [-0.2, -0.15) is 0 Å². The molecular formula is C9H12BrISi. The third-order valence-corrected chi connectivity index (χ3v) is 6.19. The van der Waals surface area contributed by atoms with E-state index in [2.05, 4.69) is 76.4 Å². The van der Waals surface area contributed by atoms with Crippen LogP contribution in [0, 0.1) is 3.57 Å². The third-order valence-electron chi connectivity index (χ3n) is 1.71. The van der Waals surface area contributed by atoms with Gasteiger partial charge >= 0.3 is 0 Å². The Bertz CT molecular complexity index is 271. The topological polar surface area (TPSA) is 0 Å². The number of halogens is 2. The van der Waals surface area contributed by atoms with Crippen molar-refractivity contribution >= 4 is 51.8 Å². The maximum absolute atomic E-state index is 3.61. The molecule has 0 heterocycles. The summed E-state index contributed by atoms with van der Waals surface area (Å²) in [5.74, 6) is 0. The molecule has 0 nitrogen and oxygen atoms in total. The Kier molecular flexibility index (Phi) is 3.39. The number of benzene rings is 1. The van der Waals surface area contributed by atoms with Crippen molar-refractivity contribution in [3.63, 3.8) is 0 Å². The Morgan fingerprint density at radius 3 is 2.17 bits per heavy atom. The smallest absolute Gasteiger partial charge is 0.0656 e. The number of hydrogen-bond donors (Lipinski definition) is 0. The van der Waals surface area contributed by atoms with Crippen molar-refractivity contribution in [1.29, 1.82) is 0 Å². The molecule has 1 aromatic rings. The Morgan fingerprint density at radius 1 is 1.25 bits per heavy atom. The van der Waals surface area contributed by atoms with E-state index >= 15 is 0 Å². The summed E-state index contributed by atoms with van der Waals surface area (Å²) in [5, 5.41) is 1.53. The summed E-state index contributed by atoms with van der Waals surface area (Å²) in [6, 6.07) is 6.41. The van der Waals surface area contributed by atoms with Gasteiger partial charge in [0.25, 0.3) is 0 Å². The van der Waals surface area contributed by atoms with Crippen molar-refractivity contribution in [1.82, 2.24) is 0 Å². The lowest BCUT2D eigenvalue weighted by Gasteiger charge is -2.20. The van der Waals surface area contributed by atoms with Gasteiger partial charge in [-0.1, -0.05) is 41.6 Å². The minimum Gasteiger partial charge on any atom is -0.0656 e. The average Bonchev–Trinajstić information content (AvgIpc) is 1.82. The minimum atomic E-state index is -1.18. The van der Waals surface area contributed by atoms with Crippen LogP contribution in [-0.4, -0.2) is 8.07 Å². The average molecular weight is 355 g/mol. The van der Waals surface area contributed by atoms with Crippen LogP contribution < -0.4 is 5.19 Å². The van der Waals surface area contributed by atoms with E-state index in [0.29, 0.717) is 0 Å². The molecule has 0 radical (unpaired) electrons. The lowest BCUT2D eigenvalue weighted by Crippen LogP contribution is -2.40. The molecule has 0 saturated heterocycles. The summed E-state index contributed by atoms with van der Waals surface area (Å²) in [7, 11) is -1.18. The maximum Gasteiger partial charge on any atom is 0.0804 e. The molecule has 0 saturated carbocycles. The molecule has 0 amide bonds. The molecule has 0 aliphatic rings. The molecule has 0 fully saturated rings. The van der Waals surface area contributed by atoms with E-state index in [9.17, 15) is 0 Å². The van der Waals surface area contributed by atoms with Crippen molar-refractivity contribution in [2.24, 2.45) is 0 Å². The van der Waals surface area contributed by atoms with Gasteiger partial charge in [0, 0.05) is 8.04 Å². The SMILES string of the molecule is C[Si](C)(C)c1c(Br)cccc1I. The standard InChI is InChI=1S/C9H12BrISi/c1-12(2,3)9-7(10)5-4-6-8(9)11/h4-6H,1-3H3. The summed E-state index contributed by atoms with van der Waals surface area (Å²) in [6.45, 7) is 7.11. The van der Waals surface area contributed by atoms with Gasteiger partial charge in [0.05, 0.1) is 8.07 Å². The zero-order chi connectivity index (χ0) is 9.35. The van der Waals surface area contributed by atoms with E-state index in [0.717, 1.165) is 0 Å². The second-order valence-electron chi connectivity index (χ2n) is 3.85. The normalized spacial score (nSPS) is 11.8. The molecule has 0 aliphatic carbocycles. The fraction of sp³-hybridized carbons (Fsp3) is 0.333. The highest BCUT2D eigenvalue weighted by atomic mass is 127. The molecule has 0 N–H and O–H groups in total. The zero-order valence-electron chi connectivity index (χ0n) is 7.49. The summed E-state index contributed by atoms with van der Waals surface area (Å²) in [5.41, 5.74) is 0. The molecule has 0 bridgehead atoms. The van der Waals surface area contributed by atoms with Crippen LogP contribution >= 0.6 is 38.5 Å². The molecule has 0 spiro atoms. The van der Waals surface area contributed by atoms with Crippen molar-refractivity contribution in [2.75, 3.05) is 0 Å². The molecular weight excluding hydrogens is 343 g/mol. The highest BCUT2D eigenvalue weighted by Crippen LogP contribution is 2.17. The van der Waals surface area contributed by atoms with Gasteiger partial charge in [-0.05, 0) is 39.9 Å². The molecule has 1 aromatic carbocycles. The van der Waals surface area contributed by atoms with E-state index in [1.54, 1.807) is 0 Å². The monoisotopic (exact) mass is 354 g/mol. The van der Waals surface area contributed by atoms with Crippen LogP contribution in [0.3, 0.4) is 0 Å². The molecule has 0 aromatic heterocycles. The van der Waals surface area contributed by atoms with Gasteiger partial charge in [-0.25, -0.2) is 0 Å². The van der Waals surface area contributed by atoms with Crippen molar-refractivity contribution in [2.45, 2.75) is 19.6 Å². The van der Waals surface area contributed by atoms with Crippen LogP contribution in [0.4, 0.5) is 0 Å². The van der Waals surface area contributed by atoms with Crippen molar-refractivity contribution < 1.29 is 0 Å². The second-order valence-corrected chi connectivity index (χ2v) is 10.9. The Morgan fingerprint density at radius 2 is 1.83 bits per heavy atom.